The van der Waals surface area contributed by atoms with Gasteiger partial charge in [-0.05, 0) is 47.6 Å². The van der Waals surface area contributed by atoms with Crippen molar-refractivity contribution in [1.82, 2.24) is 10.6 Å². The van der Waals surface area contributed by atoms with Crippen LogP contribution in [0.15, 0.2) is 78.9 Å². The number of amides is 2. The largest absolute Gasteiger partial charge is 0.481 e. The lowest BCUT2D eigenvalue weighted by atomic mass is 9.94. The molecule has 220 valence electrons. The number of carboxylic acids is 1. The number of carbonyl (C=O) groups is 3. The van der Waals surface area contributed by atoms with Gasteiger partial charge in [0.1, 0.15) is 12.6 Å². The number of alkyl carbamates (subject to hydrolysis) is 1. The molecule has 0 bridgehead atoms. The lowest BCUT2D eigenvalue weighted by molar-refractivity contribution is -0.143. The highest BCUT2D eigenvalue weighted by molar-refractivity contribution is 5.87. The van der Waals surface area contributed by atoms with Crippen molar-refractivity contribution < 1.29 is 29.0 Å². The summed E-state index contributed by atoms with van der Waals surface area (Å²) in [5, 5.41) is 15.5. The Morgan fingerprint density at radius 3 is 2.14 bits per heavy atom. The van der Waals surface area contributed by atoms with Crippen molar-refractivity contribution in [2.45, 2.75) is 69.7 Å². The maximum absolute atomic E-state index is 13.6. The average molecular weight is 571 g/mol. The molecule has 4 atom stereocenters. The maximum Gasteiger partial charge on any atom is 0.407 e. The summed E-state index contributed by atoms with van der Waals surface area (Å²) in [6, 6.07) is 24.1. The van der Waals surface area contributed by atoms with Crippen molar-refractivity contribution in [2.24, 2.45) is 5.92 Å². The molecule has 42 heavy (non-hydrogen) atoms. The average Bonchev–Trinajstić information content (AvgIpc) is 3.13. The molecule has 1 saturated carbocycles. The first-order chi connectivity index (χ1) is 20.4. The number of aliphatic carboxylic acids is 1. The van der Waals surface area contributed by atoms with Crippen LogP contribution < -0.4 is 10.6 Å². The third-order valence-electron chi connectivity index (χ3n) is 8.39. The van der Waals surface area contributed by atoms with E-state index in [0.717, 1.165) is 47.1 Å². The van der Waals surface area contributed by atoms with Crippen molar-refractivity contribution in [3.8, 4) is 11.1 Å². The number of nitrogens with one attached hydrogen (secondary N) is 2. The predicted octanol–water partition coefficient (Wildman–Crippen LogP) is 5.65. The van der Waals surface area contributed by atoms with Gasteiger partial charge >= 0.3 is 12.1 Å². The Labute approximate surface area is 246 Å². The van der Waals surface area contributed by atoms with Crippen LogP contribution in [0.5, 0.6) is 0 Å². The van der Waals surface area contributed by atoms with E-state index in [1.54, 1.807) is 6.92 Å². The summed E-state index contributed by atoms with van der Waals surface area (Å²) >= 11 is 0. The Kier molecular flexibility index (Phi) is 9.54. The van der Waals surface area contributed by atoms with Gasteiger partial charge < -0.3 is 25.2 Å². The lowest BCUT2D eigenvalue weighted by Gasteiger charge is -2.29. The number of ether oxygens (including phenoxy) is 2. The van der Waals surface area contributed by atoms with E-state index in [1.165, 1.54) is 0 Å². The lowest BCUT2D eigenvalue weighted by Crippen LogP contribution is -2.56. The molecule has 0 radical (unpaired) electrons. The predicted molar refractivity (Wildman–Crippen MR) is 159 cm³/mol. The van der Waals surface area contributed by atoms with Crippen LogP contribution in [0.25, 0.3) is 11.1 Å². The van der Waals surface area contributed by atoms with Crippen molar-refractivity contribution in [3.05, 3.63) is 95.6 Å². The number of carboxylic acid groups (broad SMARTS) is 1. The third kappa shape index (κ3) is 6.82. The summed E-state index contributed by atoms with van der Waals surface area (Å²) in [6.45, 7) is 2.08. The quantitative estimate of drug-likeness (QED) is 0.272. The maximum atomic E-state index is 13.6. The van der Waals surface area contributed by atoms with Crippen LogP contribution in [0.1, 0.15) is 61.6 Å². The second kappa shape index (κ2) is 13.7. The Morgan fingerprint density at radius 2 is 1.48 bits per heavy atom. The van der Waals surface area contributed by atoms with Gasteiger partial charge in [0.05, 0.1) is 18.6 Å². The molecule has 0 saturated heterocycles. The Hall–Kier alpha value is -4.17. The molecule has 0 heterocycles. The minimum absolute atomic E-state index is 0.108. The number of hydrogen-bond donors (Lipinski definition) is 3. The van der Waals surface area contributed by atoms with E-state index < -0.39 is 42.1 Å². The topological polar surface area (TPSA) is 114 Å². The van der Waals surface area contributed by atoms with E-state index in [9.17, 15) is 19.5 Å². The van der Waals surface area contributed by atoms with Gasteiger partial charge in [0.25, 0.3) is 0 Å². The zero-order valence-electron chi connectivity index (χ0n) is 23.8. The normalized spacial score (nSPS) is 19.5. The molecule has 3 N–H and O–H groups in total. The fraction of sp³-hybridized carbons (Fsp3) is 0.382. The second-order valence-corrected chi connectivity index (χ2v) is 11.1. The monoisotopic (exact) mass is 570 g/mol. The highest BCUT2D eigenvalue weighted by Gasteiger charge is 2.36. The number of hydrogen-bond acceptors (Lipinski definition) is 5. The second-order valence-electron chi connectivity index (χ2n) is 11.1. The molecule has 2 aliphatic rings. The van der Waals surface area contributed by atoms with E-state index in [2.05, 4.69) is 22.8 Å². The van der Waals surface area contributed by atoms with Gasteiger partial charge in [0.2, 0.25) is 5.91 Å². The fourth-order valence-corrected chi connectivity index (χ4v) is 6.11. The first-order valence-electron chi connectivity index (χ1n) is 14.7. The Morgan fingerprint density at radius 1 is 0.857 bits per heavy atom. The smallest absolute Gasteiger partial charge is 0.407 e. The summed E-state index contributed by atoms with van der Waals surface area (Å²) in [5.41, 5.74) is 5.36. The van der Waals surface area contributed by atoms with Gasteiger partial charge in [0, 0.05) is 12.0 Å². The molecular formula is C34H38N2O6. The molecule has 0 aromatic heterocycles. The molecular weight excluding hydrogens is 532 g/mol. The first-order valence-corrected chi connectivity index (χ1v) is 14.7. The zero-order valence-corrected chi connectivity index (χ0v) is 23.8. The van der Waals surface area contributed by atoms with E-state index >= 15 is 0 Å². The summed E-state index contributed by atoms with van der Waals surface area (Å²) in [5.74, 6) is -2.20. The standard InChI is InChI=1S/C34H38N2O6/c1-22(41-20-23-12-4-2-5-13-23)31(32(37)35-30-19-7-3-6-18-28(30)33(38)39)36-34(40)42-21-29-26-16-10-8-14-24(26)25-15-9-11-17-27(25)29/h2,4-5,8-17,22,28-31H,3,6-7,18-21H2,1H3,(H,35,37)(H,36,40)(H,38,39)/t22-,28+,30-,31+/m0/s1. The molecule has 3 aromatic carbocycles. The number of fused-ring (bicyclic) bond motifs is 3. The van der Waals surface area contributed by atoms with Crippen molar-refractivity contribution in [3.63, 3.8) is 0 Å². The third-order valence-corrected chi connectivity index (χ3v) is 8.39. The number of benzene rings is 3. The van der Waals surface area contributed by atoms with Crippen LogP contribution >= 0.6 is 0 Å². The van der Waals surface area contributed by atoms with Crippen molar-refractivity contribution in [2.75, 3.05) is 6.61 Å². The molecule has 2 aliphatic carbocycles. The van der Waals surface area contributed by atoms with E-state index in [-0.39, 0.29) is 19.1 Å². The highest BCUT2D eigenvalue weighted by atomic mass is 16.5. The van der Waals surface area contributed by atoms with Crippen LogP contribution in [0.2, 0.25) is 0 Å². The summed E-state index contributed by atoms with van der Waals surface area (Å²) in [7, 11) is 0. The number of rotatable bonds is 10. The molecule has 1 fully saturated rings. The highest BCUT2D eigenvalue weighted by Crippen LogP contribution is 2.44. The molecule has 0 spiro atoms. The Balaban J connectivity index is 1.28. The molecule has 8 nitrogen and oxygen atoms in total. The van der Waals surface area contributed by atoms with E-state index in [0.29, 0.717) is 12.8 Å². The molecule has 2 amide bonds. The minimum atomic E-state index is -1.08. The van der Waals surface area contributed by atoms with Gasteiger partial charge in [-0.15, -0.1) is 0 Å². The van der Waals surface area contributed by atoms with Gasteiger partial charge in [0.15, 0.2) is 0 Å². The summed E-state index contributed by atoms with van der Waals surface area (Å²) < 4.78 is 11.7. The summed E-state index contributed by atoms with van der Waals surface area (Å²) in [6.07, 6.45) is 2.20. The van der Waals surface area contributed by atoms with Gasteiger partial charge in [-0.2, -0.15) is 0 Å². The summed E-state index contributed by atoms with van der Waals surface area (Å²) in [4.78, 5) is 38.7. The van der Waals surface area contributed by atoms with Crippen LogP contribution in [-0.4, -0.2) is 47.9 Å². The number of carbonyl (C=O) groups excluding carboxylic acids is 2. The van der Waals surface area contributed by atoms with E-state index in [4.69, 9.17) is 9.47 Å². The van der Waals surface area contributed by atoms with Gasteiger partial charge in [-0.1, -0.05) is 98.1 Å². The van der Waals surface area contributed by atoms with Crippen molar-refractivity contribution in [1.29, 1.82) is 0 Å². The van der Waals surface area contributed by atoms with E-state index in [1.807, 2.05) is 66.7 Å². The molecule has 5 rings (SSSR count). The van der Waals surface area contributed by atoms with Crippen molar-refractivity contribution >= 4 is 18.0 Å². The van der Waals surface area contributed by atoms with Crippen LogP contribution in [0.4, 0.5) is 4.79 Å². The molecule has 3 aromatic rings. The minimum Gasteiger partial charge on any atom is -0.481 e. The molecule has 0 unspecified atom stereocenters. The first kappa shape index (κ1) is 29.3. The molecule has 0 aliphatic heterocycles. The SMILES string of the molecule is C[C@H](OCc1ccccc1)[C@@H](NC(=O)OCC1c2ccccc2-c2ccccc21)C(=O)N[C@H]1CCCCC[C@H]1C(=O)O. The molecule has 8 heteroatoms. The fourth-order valence-electron chi connectivity index (χ4n) is 6.11. The van der Waals surface area contributed by atoms with Crippen LogP contribution in [-0.2, 0) is 25.7 Å². The van der Waals surface area contributed by atoms with Crippen LogP contribution in [0.3, 0.4) is 0 Å². The van der Waals surface area contributed by atoms with Gasteiger partial charge in [-0.25, -0.2) is 4.79 Å². The zero-order chi connectivity index (χ0) is 29.5. The van der Waals surface area contributed by atoms with Crippen LogP contribution in [0, 0.1) is 5.92 Å². The van der Waals surface area contributed by atoms with Gasteiger partial charge in [-0.3, -0.25) is 9.59 Å². The Bertz CT molecular complexity index is 1350.